The Kier molecular flexibility index (Phi) is 7.38. The summed E-state index contributed by atoms with van der Waals surface area (Å²) in [6.45, 7) is 2.75. The highest BCUT2D eigenvalue weighted by atomic mass is 79.9. The standard InChI is InChI=1S/C25H20BrCl2N3O2/c1-16-9-10-22(28)23(11-16)33-15-17-5-4-7-18(12-17)25(32)29-24-20(26)14-31(30-24)13-19-6-2-3-8-21(19)27/h2-12,14H,13,15H2,1H3,(H,29,30,32). The fourth-order valence-electron chi connectivity index (χ4n) is 3.23. The number of rotatable bonds is 7. The molecule has 3 aromatic carbocycles. The van der Waals surface area contributed by atoms with Crippen molar-refractivity contribution < 1.29 is 9.53 Å². The summed E-state index contributed by atoms with van der Waals surface area (Å²) in [7, 11) is 0. The number of amides is 1. The van der Waals surface area contributed by atoms with Crippen LogP contribution in [0.25, 0.3) is 0 Å². The summed E-state index contributed by atoms with van der Waals surface area (Å²) in [5.74, 6) is 0.772. The van der Waals surface area contributed by atoms with Gasteiger partial charge in [-0.1, -0.05) is 59.6 Å². The predicted molar refractivity (Wildman–Crippen MR) is 135 cm³/mol. The van der Waals surface area contributed by atoms with Crippen LogP contribution in [-0.2, 0) is 13.2 Å². The molecule has 1 aromatic heterocycles. The molecular formula is C25H20BrCl2N3O2. The Hall–Kier alpha value is -2.80. The largest absolute Gasteiger partial charge is 0.487 e. The van der Waals surface area contributed by atoms with E-state index >= 15 is 0 Å². The van der Waals surface area contributed by atoms with Crippen molar-refractivity contribution in [2.24, 2.45) is 0 Å². The summed E-state index contributed by atoms with van der Waals surface area (Å²) in [5, 5.41) is 8.54. The Morgan fingerprint density at radius 1 is 1.06 bits per heavy atom. The van der Waals surface area contributed by atoms with E-state index in [9.17, 15) is 4.79 Å². The molecule has 1 N–H and O–H groups in total. The number of carbonyl (C=O) groups is 1. The molecule has 0 fully saturated rings. The van der Waals surface area contributed by atoms with E-state index in [1.165, 1.54) is 0 Å². The van der Waals surface area contributed by atoms with Crippen LogP contribution in [0.3, 0.4) is 0 Å². The molecule has 0 radical (unpaired) electrons. The first-order valence-electron chi connectivity index (χ1n) is 10.1. The SMILES string of the molecule is Cc1ccc(Cl)c(OCc2cccc(C(=O)Nc3nn(Cc4ccccc4Cl)cc3Br)c2)c1. The summed E-state index contributed by atoms with van der Waals surface area (Å²) < 4.78 is 8.24. The molecule has 0 saturated carbocycles. The highest BCUT2D eigenvalue weighted by Gasteiger charge is 2.14. The van der Waals surface area contributed by atoms with Gasteiger partial charge in [0.05, 0.1) is 16.0 Å². The van der Waals surface area contributed by atoms with E-state index in [4.69, 9.17) is 27.9 Å². The Labute approximate surface area is 210 Å². The van der Waals surface area contributed by atoms with Crippen LogP contribution >= 0.6 is 39.1 Å². The second-order valence-electron chi connectivity index (χ2n) is 7.49. The second kappa shape index (κ2) is 10.4. The third-order valence-corrected chi connectivity index (χ3v) is 6.17. The van der Waals surface area contributed by atoms with E-state index < -0.39 is 0 Å². The van der Waals surface area contributed by atoms with E-state index in [1.54, 1.807) is 29.1 Å². The molecule has 0 aliphatic carbocycles. The zero-order valence-electron chi connectivity index (χ0n) is 17.7. The zero-order valence-corrected chi connectivity index (χ0v) is 20.8. The van der Waals surface area contributed by atoms with Crippen molar-refractivity contribution in [2.75, 3.05) is 5.32 Å². The number of hydrogen-bond donors (Lipinski definition) is 1. The molecular weight excluding hydrogens is 525 g/mol. The average molecular weight is 545 g/mol. The average Bonchev–Trinajstić information content (AvgIpc) is 3.14. The molecule has 0 spiro atoms. The van der Waals surface area contributed by atoms with Gasteiger partial charge in [-0.15, -0.1) is 0 Å². The minimum Gasteiger partial charge on any atom is -0.487 e. The number of ether oxygens (including phenoxy) is 1. The summed E-state index contributed by atoms with van der Waals surface area (Å²) in [5.41, 5.74) is 3.35. The van der Waals surface area contributed by atoms with Crippen molar-refractivity contribution in [3.63, 3.8) is 0 Å². The van der Waals surface area contributed by atoms with E-state index in [-0.39, 0.29) is 5.91 Å². The normalized spacial score (nSPS) is 10.8. The van der Waals surface area contributed by atoms with Crippen LogP contribution < -0.4 is 10.1 Å². The lowest BCUT2D eigenvalue weighted by Crippen LogP contribution is -2.13. The lowest BCUT2D eigenvalue weighted by molar-refractivity contribution is 0.102. The minimum atomic E-state index is -0.269. The molecule has 1 heterocycles. The van der Waals surface area contributed by atoms with E-state index in [0.29, 0.717) is 44.8 Å². The van der Waals surface area contributed by atoms with Gasteiger partial charge >= 0.3 is 0 Å². The number of hydrogen-bond acceptors (Lipinski definition) is 3. The van der Waals surface area contributed by atoms with Gasteiger partial charge in [-0.05, 0) is 69.9 Å². The molecule has 168 valence electrons. The topological polar surface area (TPSA) is 56.1 Å². The molecule has 5 nitrogen and oxygen atoms in total. The van der Waals surface area contributed by atoms with Crippen LogP contribution in [0.1, 0.15) is 27.0 Å². The third-order valence-electron chi connectivity index (χ3n) is 4.91. The summed E-state index contributed by atoms with van der Waals surface area (Å²) in [6.07, 6.45) is 1.80. The Bertz CT molecular complexity index is 1310. The quantitative estimate of drug-likeness (QED) is 0.269. The zero-order chi connectivity index (χ0) is 23.4. The number of nitrogens with one attached hydrogen (secondary N) is 1. The van der Waals surface area contributed by atoms with Gasteiger partial charge in [-0.25, -0.2) is 0 Å². The van der Waals surface area contributed by atoms with Gasteiger partial charge in [0.25, 0.3) is 5.91 Å². The first kappa shape index (κ1) is 23.4. The Morgan fingerprint density at radius 3 is 2.70 bits per heavy atom. The monoisotopic (exact) mass is 543 g/mol. The molecule has 33 heavy (non-hydrogen) atoms. The number of anilines is 1. The summed E-state index contributed by atoms with van der Waals surface area (Å²) >= 11 is 15.9. The summed E-state index contributed by atoms with van der Waals surface area (Å²) in [6, 6.07) is 20.4. The maximum Gasteiger partial charge on any atom is 0.256 e. The van der Waals surface area contributed by atoms with Gasteiger partial charge in [-0.3, -0.25) is 9.48 Å². The van der Waals surface area contributed by atoms with Crippen molar-refractivity contribution in [2.45, 2.75) is 20.1 Å². The lowest BCUT2D eigenvalue weighted by Gasteiger charge is -2.10. The van der Waals surface area contributed by atoms with Crippen LogP contribution in [0.4, 0.5) is 5.82 Å². The fraction of sp³-hybridized carbons (Fsp3) is 0.120. The smallest absolute Gasteiger partial charge is 0.256 e. The van der Waals surface area contributed by atoms with Gasteiger partial charge in [0, 0.05) is 16.8 Å². The molecule has 4 rings (SSSR count). The first-order chi connectivity index (χ1) is 15.9. The molecule has 0 saturated heterocycles. The van der Waals surface area contributed by atoms with Crippen LogP contribution in [0.2, 0.25) is 10.0 Å². The number of benzene rings is 3. The van der Waals surface area contributed by atoms with Gasteiger partial charge in [0.2, 0.25) is 0 Å². The number of aromatic nitrogens is 2. The molecule has 0 bridgehead atoms. The van der Waals surface area contributed by atoms with Crippen LogP contribution in [0.5, 0.6) is 5.75 Å². The number of nitrogens with zero attached hydrogens (tertiary/aromatic N) is 2. The van der Waals surface area contributed by atoms with Crippen LogP contribution in [0.15, 0.2) is 77.4 Å². The van der Waals surface area contributed by atoms with Crippen molar-refractivity contribution in [3.05, 3.63) is 110 Å². The van der Waals surface area contributed by atoms with Gasteiger partial charge < -0.3 is 10.1 Å². The molecule has 0 unspecified atom stereocenters. The van der Waals surface area contributed by atoms with Crippen molar-refractivity contribution in [3.8, 4) is 5.75 Å². The molecule has 0 atom stereocenters. The fourth-order valence-corrected chi connectivity index (χ4v) is 4.01. The summed E-state index contributed by atoms with van der Waals surface area (Å²) in [4.78, 5) is 12.8. The van der Waals surface area contributed by atoms with Gasteiger partial charge in [0.15, 0.2) is 5.82 Å². The van der Waals surface area contributed by atoms with Crippen LogP contribution in [0, 0.1) is 6.92 Å². The number of carbonyl (C=O) groups excluding carboxylic acids is 1. The molecule has 1 amide bonds. The van der Waals surface area contributed by atoms with E-state index in [0.717, 1.165) is 16.7 Å². The number of halogens is 3. The Balaban J connectivity index is 1.43. The van der Waals surface area contributed by atoms with E-state index in [2.05, 4.69) is 26.3 Å². The van der Waals surface area contributed by atoms with Gasteiger partial charge in [0.1, 0.15) is 12.4 Å². The van der Waals surface area contributed by atoms with Crippen molar-refractivity contribution >= 4 is 50.9 Å². The minimum absolute atomic E-state index is 0.269. The number of aryl methyl sites for hydroxylation is 1. The first-order valence-corrected chi connectivity index (χ1v) is 11.7. The van der Waals surface area contributed by atoms with Crippen molar-refractivity contribution in [1.29, 1.82) is 0 Å². The predicted octanol–water partition coefficient (Wildman–Crippen LogP) is 7.14. The second-order valence-corrected chi connectivity index (χ2v) is 9.16. The lowest BCUT2D eigenvalue weighted by atomic mass is 10.1. The highest BCUT2D eigenvalue weighted by Crippen LogP contribution is 2.27. The molecule has 0 aliphatic rings. The van der Waals surface area contributed by atoms with E-state index in [1.807, 2.05) is 55.5 Å². The third kappa shape index (κ3) is 5.96. The Morgan fingerprint density at radius 2 is 1.88 bits per heavy atom. The molecule has 8 heteroatoms. The molecule has 4 aromatic rings. The maximum atomic E-state index is 12.8. The molecule has 0 aliphatic heterocycles. The van der Waals surface area contributed by atoms with Crippen molar-refractivity contribution in [1.82, 2.24) is 9.78 Å². The van der Waals surface area contributed by atoms with Crippen LogP contribution in [-0.4, -0.2) is 15.7 Å². The van der Waals surface area contributed by atoms with Gasteiger partial charge in [-0.2, -0.15) is 5.10 Å². The highest BCUT2D eigenvalue weighted by molar-refractivity contribution is 9.10. The maximum absolute atomic E-state index is 12.8.